The fourth-order valence-electron chi connectivity index (χ4n) is 7.64. The van der Waals surface area contributed by atoms with Gasteiger partial charge in [0.25, 0.3) is 5.91 Å². The molecular weight excluding hydrogens is 835 g/mol. The van der Waals surface area contributed by atoms with Crippen molar-refractivity contribution < 1.29 is 33.4 Å². The van der Waals surface area contributed by atoms with E-state index in [2.05, 4.69) is 46.9 Å². The molecule has 3 amide bonds. The van der Waals surface area contributed by atoms with Gasteiger partial charge in [0.1, 0.15) is 36.2 Å². The van der Waals surface area contributed by atoms with Crippen LogP contribution in [0.3, 0.4) is 0 Å². The largest absolute Gasteiger partial charge is 0.493 e. The summed E-state index contributed by atoms with van der Waals surface area (Å²) in [6.45, 7) is 8.92. The van der Waals surface area contributed by atoms with Crippen LogP contribution in [0, 0.1) is 11.8 Å². The zero-order valence-corrected chi connectivity index (χ0v) is 38.7. The Balaban J connectivity index is 1.37. The van der Waals surface area contributed by atoms with Crippen molar-refractivity contribution in [3.05, 3.63) is 109 Å². The van der Waals surface area contributed by atoms with Crippen LogP contribution in [0.1, 0.15) is 78.2 Å². The normalized spacial score (nSPS) is 12.6. The van der Waals surface area contributed by atoms with Crippen molar-refractivity contribution >= 4 is 51.2 Å². The summed E-state index contributed by atoms with van der Waals surface area (Å²) in [5, 5.41) is 12.4. The van der Waals surface area contributed by atoms with Gasteiger partial charge < -0.3 is 47.4 Å². The zero-order valence-electron chi connectivity index (χ0n) is 38.7. The number of hydrogen-bond donors (Lipinski definition) is 6. The third kappa shape index (κ3) is 15.2. The van der Waals surface area contributed by atoms with Crippen LogP contribution in [0.4, 0.5) is 0 Å². The van der Waals surface area contributed by atoms with Crippen molar-refractivity contribution in [3.8, 4) is 22.6 Å². The van der Waals surface area contributed by atoms with E-state index in [1.165, 1.54) is 0 Å². The quantitative estimate of drug-likeness (QED) is 0.0146. The average molecular weight is 902 g/mol. The van der Waals surface area contributed by atoms with Crippen molar-refractivity contribution in [1.29, 1.82) is 0 Å². The Bertz CT molecular complexity index is 2400. The number of nitrogens with one attached hydrogen (secondary N) is 3. The molecule has 5 aromatic rings. The summed E-state index contributed by atoms with van der Waals surface area (Å²) >= 11 is 0. The molecule has 352 valence electrons. The van der Waals surface area contributed by atoms with Gasteiger partial charge in [0, 0.05) is 17.7 Å². The second-order valence-corrected chi connectivity index (χ2v) is 17.3. The van der Waals surface area contributed by atoms with E-state index in [1.54, 1.807) is 0 Å². The number of nitrogens with zero attached hydrogens (tertiary/aromatic N) is 1. The molecule has 0 spiro atoms. The van der Waals surface area contributed by atoms with Gasteiger partial charge in [-0.1, -0.05) is 119 Å². The molecular formula is C52H67N7O7. The summed E-state index contributed by atoms with van der Waals surface area (Å²) in [5.74, 6) is -0.763. The van der Waals surface area contributed by atoms with Crippen LogP contribution in [-0.2, 0) is 30.5 Å². The number of unbranched alkanes of at least 4 members (excludes halogenated alkanes) is 1. The van der Waals surface area contributed by atoms with Crippen LogP contribution in [0.2, 0.25) is 0 Å². The number of carbonyl (C=O) groups excluding carboxylic acids is 4. The highest BCUT2D eigenvalue weighted by molar-refractivity contribution is 6.10. The van der Waals surface area contributed by atoms with E-state index < -0.39 is 48.4 Å². The molecule has 0 aliphatic carbocycles. The molecule has 66 heavy (non-hydrogen) atoms. The van der Waals surface area contributed by atoms with Crippen LogP contribution in [0.25, 0.3) is 32.7 Å². The second kappa shape index (κ2) is 25.7. The monoisotopic (exact) mass is 902 g/mol. The SMILES string of the molecule is CC(C)CCOc1ccc2ccccc2c1-c1c(OCC(=O)N[C@H](CCCCN)C(=O)N[C@H](CCCN=C(N)N)C(=O)N[C@H](CC(C)C)C(=O)OCc2ccccc2)ccc2ccccc12. The molecule has 0 saturated carbocycles. The number of ether oxygens (including phenoxy) is 3. The maximum Gasteiger partial charge on any atom is 0.328 e. The summed E-state index contributed by atoms with van der Waals surface area (Å²) in [5.41, 5.74) is 19.4. The minimum Gasteiger partial charge on any atom is -0.493 e. The molecule has 14 nitrogen and oxygen atoms in total. The zero-order chi connectivity index (χ0) is 47.4. The van der Waals surface area contributed by atoms with Crippen molar-refractivity contribution in [1.82, 2.24) is 16.0 Å². The highest BCUT2D eigenvalue weighted by atomic mass is 16.5. The van der Waals surface area contributed by atoms with E-state index >= 15 is 0 Å². The van der Waals surface area contributed by atoms with E-state index in [1.807, 2.05) is 105 Å². The predicted molar refractivity (Wildman–Crippen MR) is 262 cm³/mol. The van der Waals surface area contributed by atoms with Gasteiger partial charge in [0.15, 0.2) is 12.6 Å². The second-order valence-electron chi connectivity index (χ2n) is 17.3. The Labute approximate surface area is 388 Å². The lowest BCUT2D eigenvalue weighted by atomic mass is 9.92. The number of amides is 3. The molecule has 0 aliphatic heterocycles. The number of aliphatic imine (C=N–C) groups is 1. The molecule has 0 saturated heterocycles. The lowest BCUT2D eigenvalue weighted by Gasteiger charge is -2.26. The number of carbonyl (C=O) groups is 4. The third-order valence-electron chi connectivity index (χ3n) is 11.1. The van der Waals surface area contributed by atoms with Gasteiger partial charge in [0.05, 0.1) is 6.61 Å². The van der Waals surface area contributed by atoms with Crippen LogP contribution < -0.4 is 42.6 Å². The summed E-state index contributed by atoms with van der Waals surface area (Å²) in [4.78, 5) is 59.5. The van der Waals surface area contributed by atoms with Gasteiger partial charge in [-0.15, -0.1) is 0 Å². The Morgan fingerprint density at radius 3 is 1.76 bits per heavy atom. The molecule has 0 heterocycles. The molecule has 0 bridgehead atoms. The standard InChI is InChI=1S/C52H67N7O7/c1-34(2)27-30-64-44-25-23-37-17-8-10-19-39(37)47(44)48-40-20-11-9-18-38(40)24-26-45(48)65-33-46(60)57-41(21-12-13-28-53)49(61)58-42(22-14-29-56-52(54)55)50(62)59-43(31-35(3)4)51(63)66-32-36-15-6-5-7-16-36/h5-11,15-20,23-26,34-35,41-43H,12-14,21-22,27-33,53H2,1-4H3,(H,57,60)(H,58,61)(H,59,62)(H4,54,55,56)/t41-,42-,43-/m1/s1. The Hall–Kier alpha value is -6.67. The van der Waals surface area contributed by atoms with Crippen molar-refractivity contribution in [2.75, 3.05) is 26.3 Å². The Morgan fingerprint density at radius 1 is 0.606 bits per heavy atom. The average Bonchev–Trinajstić information content (AvgIpc) is 3.30. The van der Waals surface area contributed by atoms with Crippen LogP contribution in [-0.4, -0.2) is 74.1 Å². The molecule has 0 unspecified atom stereocenters. The number of esters is 1. The van der Waals surface area contributed by atoms with E-state index in [0.717, 1.165) is 44.7 Å². The van der Waals surface area contributed by atoms with Crippen LogP contribution in [0.15, 0.2) is 108 Å². The van der Waals surface area contributed by atoms with Crippen molar-refractivity contribution in [3.63, 3.8) is 0 Å². The first kappa shape index (κ1) is 50.3. The number of fused-ring (bicyclic) bond motifs is 2. The van der Waals surface area contributed by atoms with Gasteiger partial charge in [0.2, 0.25) is 11.8 Å². The van der Waals surface area contributed by atoms with E-state index in [4.69, 9.17) is 31.4 Å². The summed E-state index contributed by atoms with van der Waals surface area (Å²) in [7, 11) is 0. The fraction of sp³-hybridized carbons (Fsp3) is 0.404. The highest BCUT2D eigenvalue weighted by Crippen LogP contribution is 2.45. The van der Waals surface area contributed by atoms with Gasteiger partial charge in [-0.2, -0.15) is 0 Å². The first-order chi connectivity index (χ1) is 31.8. The summed E-state index contributed by atoms with van der Waals surface area (Å²) < 4.78 is 18.5. The smallest absolute Gasteiger partial charge is 0.328 e. The Kier molecular flexibility index (Phi) is 19.6. The van der Waals surface area contributed by atoms with Crippen LogP contribution in [0.5, 0.6) is 11.5 Å². The van der Waals surface area contributed by atoms with Crippen molar-refractivity contribution in [2.45, 2.75) is 97.4 Å². The fourth-order valence-corrected chi connectivity index (χ4v) is 7.64. The molecule has 5 rings (SSSR count). The summed E-state index contributed by atoms with van der Waals surface area (Å²) in [6.07, 6.45) is 3.01. The number of hydrogen-bond acceptors (Lipinski definition) is 9. The highest BCUT2D eigenvalue weighted by Gasteiger charge is 2.31. The lowest BCUT2D eigenvalue weighted by molar-refractivity contribution is -0.150. The molecule has 0 aromatic heterocycles. The molecule has 0 fully saturated rings. The van der Waals surface area contributed by atoms with E-state index in [-0.39, 0.29) is 37.9 Å². The molecule has 5 aromatic carbocycles. The molecule has 14 heteroatoms. The topological polar surface area (TPSA) is 222 Å². The lowest BCUT2D eigenvalue weighted by Crippen LogP contribution is -2.56. The minimum absolute atomic E-state index is 0.0293. The first-order valence-corrected chi connectivity index (χ1v) is 23.0. The van der Waals surface area contributed by atoms with E-state index in [0.29, 0.717) is 56.3 Å². The number of nitrogens with two attached hydrogens (primary N) is 3. The maximum atomic E-state index is 14.2. The third-order valence-corrected chi connectivity index (χ3v) is 11.1. The predicted octanol–water partition coefficient (Wildman–Crippen LogP) is 6.89. The van der Waals surface area contributed by atoms with Gasteiger partial charge in [-0.05, 0) is 103 Å². The molecule has 0 aliphatic rings. The first-order valence-electron chi connectivity index (χ1n) is 23.0. The molecule has 0 radical (unpaired) electrons. The minimum atomic E-state index is -1.11. The van der Waals surface area contributed by atoms with Crippen molar-refractivity contribution in [2.24, 2.45) is 34.0 Å². The maximum absolute atomic E-state index is 14.2. The molecule has 3 atom stereocenters. The van der Waals surface area contributed by atoms with Gasteiger partial charge in [-0.25, -0.2) is 4.79 Å². The van der Waals surface area contributed by atoms with Crippen LogP contribution >= 0.6 is 0 Å². The summed E-state index contributed by atoms with van der Waals surface area (Å²) in [6, 6.07) is 30.0. The van der Waals surface area contributed by atoms with E-state index in [9.17, 15) is 19.2 Å². The van der Waals surface area contributed by atoms with Gasteiger partial charge in [-0.3, -0.25) is 19.4 Å². The number of rotatable bonds is 26. The molecule has 9 N–H and O–H groups in total. The number of guanidine groups is 1. The number of benzene rings is 5. The Morgan fingerprint density at radius 2 is 1.17 bits per heavy atom. The van der Waals surface area contributed by atoms with Gasteiger partial charge >= 0.3 is 5.97 Å².